The van der Waals surface area contributed by atoms with E-state index in [1.807, 2.05) is 18.2 Å². The van der Waals surface area contributed by atoms with Crippen LogP contribution in [-0.4, -0.2) is 18.2 Å². The SMILES string of the molecule is O=C1c2cccc3c2N(CCC3)C(=O)C1(Cl)c1ccccc1. The van der Waals surface area contributed by atoms with Gasteiger partial charge in [0.05, 0.1) is 5.69 Å². The van der Waals surface area contributed by atoms with Gasteiger partial charge < -0.3 is 4.90 Å². The lowest BCUT2D eigenvalue weighted by Crippen LogP contribution is -2.54. The normalized spacial score (nSPS) is 23.4. The Morgan fingerprint density at radius 1 is 1.00 bits per heavy atom. The van der Waals surface area contributed by atoms with Gasteiger partial charge >= 0.3 is 0 Å². The van der Waals surface area contributed by atoms with E-state index in [4.69, 9.17) is 11.6 Å². The third-order valence-electron chi connectivity index (χ3n) is 4.49. The maximum absolute atomic E-state index is 13.0. The van der Waals surface area contributed by atoms with Gasteiger partial charge in [0.1, 0.15) is 0 Å². The lowest BCUT2D eigenvalue weighted by Gasteiger charge is -2.41. The largest absolute Gasteiger partial charge is 0.309 e. The second-order valence-corrected chi connectivity index (χ2v) is 6.29. The summed E-state index contributed by atoms with van der Waals surface area (Å²) in [6.45, 7) is 0.609. The summed E-state index contributed by atoms with van der Waals surface area (Å²) in [5.74, 6) is -0.648. The van der Waals surface area contributed by atoms with Crippen molar-refractivity contribution < 1.29 is 9.59 Å². The molecule has 22 heavy (non-hydrogen) atoms. The van der Waals surface area contributed by atoms with Crippen LogP contribution in [0.4, 0.5) is 5.69 Å². The van der Waals surface area contributed by atoms with Crippen LogP contribution in [0.2, 0.25) is 0 Å². The first-order valence-corrected chi connectivity index (χ1v) is 7.75. The zero-order valence-electron chi connectivity index (χ0n) is 11.9. The molecule has 0 saturated heterocycles. The van der Waals surface area contributed by atoms with E-state index in [9.17, 15) is 9.59 Å². The quantitative estimate of drug-likeness (QED) is 0.598. The predicted octanol–water partition coefficient (Wildman–Crippen LogP) is 3.30. The highest BCUT2D eigenvalue weighted by atomic mass is 35.5. The lowest BCUT2D eigenvalue weighted by atomic mass is 9.81. The van der Waals surface area contributed by atoms with Crippen molar-refractivity contribution in [1.29, 1.82) is 0 Å². The number of alkyl halides is 1. The van der Waals surface area contributed by atoms with Crippen LogP contribution < -0.4 is 4.90 Å². The molecule has 4 rings (SSSR count). The number of amides is 1. The minimum Gasteiger partial charge on any atom is -0.309 e. The van der Waals surface area contributed by atoms with Crippen molar-refractivity contribution in [3.8, 4) is 0 Å². The molecule has 0 spiro atoms. The summed E-state index contributed by atoms with van der Waals surface area (Å²) in [5.41, 5.74) is 2.90. The molecule has 3 nitrogen and oxygen atoms in total. The molecule has 0 saturated carbocycles. The first-order valence-electron chi connectivity index (χ1n) is 7.37. The fourth-order valence-electron chi connectivity index (χ4n) is 3.43. The maximum Gasteiger partial charge on any atom is 0.260 e. The molecule has 2 aliphatic heterocycles. The lowest BCUT2D eigenvalue weighted by molar-refractivity contribution is -0.120. The first kappa shape index (κ1) is 13.5. The number of Topliss-reactive ketones (excluding diaryl/α,β-unsaturated/α-hetero) is 1. The summed E-state index contributed by atoms with van der Waals surface area (Å²) in [6, 6.07) is 14.5. The summed E-state index contributed by atoms with van der Waals surface area (Å²) in [5, 5.41) is 0. The van der Waals surface area contributed by atoms with Crippen LogP contribution in [0.1, 0.15) is 27.9 Å². The van der Waals surface area contributed by atoms with Gasteiger partial charge in [-0.1, -0.05) is 54.1 Å². The molecular formula is C18H14ClNO2. The second kappa shape index (κ2) is 4.68. The minimum atomic E-state index is -1.65. The van der Waals surface area contributed by atoms with E-state index < -0.39 is 4.87 Å². The molecule has 4 heteroatoms. The zero-order valence-corrected chi connectivity index (χ0v) is 12.6. The summed E-state index contributed by atoms with van der Waals surface area (Å²) < 4.78 is 0. The van der Waals surface area contributed by atoms with Crippen LogP contribution in [0.3, 0.4) is 0 Å². The molecule has 2 aromatic rings. The molecule has 0 aliphatic carbocycles. The number of nitrogens with zero attached hydrogens (tertiary/aromatic N) is 1. The van der Waals surface area contributed by atoms with E-state index in [2.05, 4.69) is 0 Å². The monoisotopic (exact) mass is 311 g/mol. The Bertz CT molecular complexity index is 787. The van der Waals surface area contributed by atoms with E-state index in [0.29, 0.717) is 17.7 Å². The van der Waals surface area contributed by atoms with Gasteiger partial charge in [0.25, 0.3) is 5.91 Å². The van der Waals surface area contributed by atoms with E-state index >= 15 is 0 Å². The average Bonchev–Trinajstić information content (AvgIpc) is 2.58. The van der Waals surface area contributed by atoms with Gasteiger partial charge in [-0.05, 0) is 30.0 Å². The fourth-order valence-corrected chi connectivity index (χ4v) is 3.76. The van der Waals surface area contributed by atoms with Gasteiger partial charge in [-0.2, -0.15) is 0 Å². The van der Waals surface area contributed by atoms with Gasteiger partial charge in [-0.3, -0.25) is 9.59 Å². The number of benzene rings is 2. The van der Waals surface area contributed by atoms with Crippen molar-refractivity contribution in [2.24, 2.45) is 0 Å². The molecule has 1 unspecified atom stereocenters. The summed E-state index contributed by atoms with van der Waals surface area (Å²) in [4.78, 5) is 26.1. The van der Waals surface area contributed by atoms with E-state index in [0.717, 1.165) is 24.1 Å². The first-order chi connectivity index (χ1) is 10.6. The number of halogens is 1. The van der Waals surface area contributed by atoms with Gasteiger partial charge in [0.2, 0.25) is 4.87 Å². The van der Waals surface area contributed by atoms with Crippen LogP contribution in [0.25, 0.3) is 0 Å². The Balaban J connectivity index is 1.98. The summed E-state index contributed by atoms with van der Waals surface area (Å²) >= 11 is 6.64. The average molecular weight is 312 g/mol. The highest BCUT2D eigenvalue weighted by Gasteiger charge is 2.53. The highest BCUT2D eigenvalue weighted by molar-refractivity contribution is 6.52. The van der Waals surface area contributed by atoms with Crippen molar-refractivity contribution in [2.75, 3.05) is 11.4 Å². The van der Waals surface area contributed by atoms with Crippen LogP contribution in [-0.2, 0) is 16.1 Å². The number of para-hydroxylation sites is 1. The Morgan fingerprint density at radius 3 is 2.55 bits per heavy atom. The van der Waals surface area contributed by atoms with Gasteiger partial charge in [0, 0.05) is 12.1 Å². The Kier molecular flexibility index (Phi) is 2.88. The number of aryl methyl sites for hydroxylation is 1. The van der Waals surface area contributed by atoms with E-state index in [-0.39, 0.29) is 11.7 Å². The standard InChI is InChI=1S/C18H14ClNO2/c19-18(13-8-2-1-3-9-13)16(21)14-10-4-6-12-7-5-11-20(15(12)14)17(18)22/h1-4,6,8-10H,5,7,11H2. The molecule has 2 aliphatic rings. The van der Waals surface area contributed by atoms with Crippen LogP contribution in [0.15, 0.2) is 48.5 Å². The Hall–Kier alpha value is -2.13. The minimum absolute atomic E-state index is 0.319. The molecule has 1 amide bonds. The number of hydrogen-bond donors (Lipinski definition) is 0. The molecule has 2 aromatic carbocycles. The number of carbonyl (C=O) groups excluding carboxylic acids is 2. The number of anilines is 1. The summed E-state index contributed by atoms with van der Waals surface area (Å²) in [6.07, 6.45) is 1.78. The van der Waals surface area contributed by atoms with E-state index in [1.54, 1.807) is 35.2 Å². The molecule has 2 heterocycles. The summed E-state index contributed by atoms with van der Waals surface area (Å²) in [7, 11) is 0. The molecule has 1 atom stereocenters. The van der Waals surface area contributed by atoms with Crippen molar-refractivity contribution in [2.45, 2.75) is 17.7 Å². The molecule has 0 N–H and O–H groups in total. The number of ketones is 1. The molecule has 0 bridgehead atoms. The van der Waals surface area contributed by atoms with E-state index in [1.165, 1.54) is 0 Å². The number of hydrogen-bond acceptors (Lipinski definition) is 2. The molecule has 0 radical (unpaired) electrons. The molecule has 110 valence electrons. The van der Waals surface area contributed by atoms with Crippen molar-refractivity contribution in [3.63, 3.8) is 0 Å². The smallest absolute Gasteiger partial charge is 0.260 e. The topological polar surface area (TPSA) is 37.4 Å². The van der Waals surface area contributed by atoms with Crippen molar-refractivity contribution >= 4 is 29.0 Å². The van der Waals surface area contributed by atoms with Gasteiger partial charge in [0.15, 0.2) is 5.78 Å². The number of carbonyl (C=O) groups is 2. The highest BCUT2D eigenvalue weighted by Crippen LogP contribution is 2.45. The van der Waals surface area contributed by atoms with Crippen LogP contribution in [0.5, 0.6) is 0 Å². The second-order valence-electron chi connectivity index (χ2n) is 5.73. The fraction of sp³-hybridized carbons (Fsp3) is 0.222. The third-order valence-corrected chi connectivity index (χ3v) is 5.04. The Labute approximate surface area is 133 Å². The predicted molar refractivity (Wildman–Crippen MR) is 85.4 cm³/mol. The van der Waals surface area contributed by atoms with Crippen LogP contribution >= 0.6 is 11.6 Å². The third kappa shape index (κ3) is 1.63. The molecule has 0 aromatic heterocycles. The molecule has 0 fully saturated rings. The number of rotatable bonds is 1. The van der Waals surface area contributed by atoms with Gasteiger partial charge in [-0.15, -0.1) is 0 Å². The zero-order chi connectivity index (χ0) is 15.3. The maximum atomic E-state index is 13.0. The Morgan fingerprint density at radius 2 is 1.77 bits per heavy atom. The van der Waals surface area contributed by atoms with Crippen molar-refractivity contribution in [1.82, 2.24) is 0 Å². The van der Waals surface area contributed by atoms with Crippen LogP contribution in [0, 0.1) is 0 Å². The molecular weight excluding hydrogens is 298 g/mol. The van der Waals surface area contributed by atoms with Crippen molar-refractivity contribution in [3.05, 3.63) is 65.2 Å². The van der Waals surface area contributed by atoms with Gasteiger partial charge in [-0.25, -0.2) is 0 Å².